The van der Waals surface area contributed by atoms with Gasteiger partial charge in [-0.25, -0.2) is 9.13 Å². The summed E-state index contributed by atoms with van der Waals surface area (Å²) in [6.07, 6.45) is 6.53. The van der Waals surface area contributed by atoms with Gasteiger partial charge in [0, 0.05) is 0 Å². The molecule has 0 fully saturated rings. The van der Waals surface area contributed by atoms with Gasteiger partial charge >= 0.3 is 0 Å². The lowest BCUT2D eigenvalue weighted by molar-refractivity contribution is -0.681. The van der Waals surface area contributed by atoms with Crippen LogP contribution < -0.4 is 4.57 Å². The predicted molar refractivity (Wildman–Crippen MR) is 78.9 cm³/mol. The molecule has 6 heteroatoms. The Bertz CT molecular complexity index is 369. The molecule has 1 N–H and O–H groups in total. The Balaban J connectivity index is 2.11. The largest absolute Gasteiger partial charge is 0.394 e. The Morgan fingerprint density at radius 3 is 2.43 bits per heavy atom. The minimum Gasteiger partial charge on any atom is -0.394 e. The van der Waals surface area contributed by atoms with E-state index in [0.717, 1.165) is 6.54 Å². The summed E-state index contributed by atoms with van der Waals surface area (Å²) in [7, 11) is 2.04. The molecule has 0 spiro atoms. The van der Waals surface area contributed by atoms with Crippen LogP contribution in [0.4, 0.5) is 0 Å². The molecule has 0 atom stereocenters. The first-order chi connectivity index (χ1) is 10.3. The van der Waals surface area contributed by atoms with Crippen LogP contribution in [0.1, 0.15) is 25.6 Å². The van der Waals surface area contributed by atoms with Crippen molar-refractivity contribution in [2.45, 2.75) is 32.9 Å². The highest BCUT2D eigenvalue weighted by atomic mass is 16.5. The monoisotopic (exact) mass is 301 g/mol. The molecule has 122 valence electrons. The average molecular weight is 301 g/mol. The number of nitrogens with zero attached hydrogens (tertiary/aromatic N) is 2. The van der Waals surface area contributed by atoms with Crippen LogP contribution in [-0.4, -0.2) is 49.3 Å². The van der Waals surface area contributed by atoms with Gasteiger partial charge in [-0.05, 0) is 6.42 Å². The molecule has 1 heterocycles. The van der Waals surface area contributed by atoms with Gasteiger partial charge in [0.2, 0.25) is 0 Å². The van der Waals surface area contributed by atoms with Crippen molar-refractivity contribution >= 4 is 0 Å². The third-order valence-corrected chi connectivity index (χ3v) is 3.17. The van der Waals surface area contributed by atoms with E-state index in [9.17, 15) is 0 Å². The molecule has 0 aromatic carbocycles. The van der Waals surface area contributed by atoms with Gasteiger partial charge in [-0.1, -0.05) is 13.3 Å². The molecule has 0 amide bonds. The maximum atomic E-state index is 8.54. The topological polar surface area (TPSA) is 56.7 Å². The lowest BCUT2D eigenvalue weighted by atomic mass is 10.3. The second kappa shape index (κ2) is 11.7. The zero-order valence-corrected chi connectivity index (χ0v) is 13.3. The number of aliphatic hydroxyl groups excluding tert-OH is 1. The minimum atomic E-state index is 0.0534. The summed E-state index contributed by atoms with van der Waals surface area (Å²) < 4.78 is 20.5. The number of hydrogen-bond donors (Lipinski definition) is 1. The van der Waals surface area contributed by atoms with Crippen molar-refractivity contribution in [3.05, 3.63) is 18.2 Å². The van der Waals surface area contributed by atoms with Crippen LogP contribution in [0.3, 0.4) is 0 Å². The third kappa shape index (κ3) is 7.57. The highest BCUT2D eigenvalue weighted by molar-refractivity contribution is 4.81. The van der Waals surface area contributed by atoms with Crippen LogP contribution in [0, 0.1) is 0 Å². The first-order valence-electron chi connectivity index (χ1n) is 7.67. The van der Waals surface area contributed by atoms with E-state index >= 15 is 0 Å². The van der Waals surface area contributed by atoms with Crippen molar-refractivity contribution in [1.29, 1.82) is 0 Å². The van der Waals surface area contributed by atoms with Gasteiger partial charge < -0.3 is 19.3 Å². The van der Waals surface area contributed by atoms with E-state index in [2.05, 4.69) is 28.5 Å². The van der Waals surface area contributed by atoms with E-state index < -0.39 is 0 Å². The molecule has 1 rings (SSSR count). The van der Waals surface area contributed by atoms with E-state index in [1.165, 1.54) is 18.7 Å². The molecular weight excluding hydrogens is 272 g/mol. The third-order valence-electron chi connectivity index (χ3n) is 3.17. The molecule has 0 saturated heterocycles. The molecule has 0 unspecified atom stereocenters. The van der Waals surface area contributed by atoms with Crippen LogP contribution >= 0.6 is 0 Å². The summed E-state index contributed by atoms with van der Waals surface area (Å²) in [5.41, 5.74) is 0. The molecule has 0 aliphatic heterocycles. The van der Waals surface area contributed by atoms with E-state index in [-0.39, 0.29) is 6.61 Å². The molecule has 21 heavy (non-hydrogen) atoms. The van der Waals surface area contributed by atoms with Crippen LogP contribution in [0.2, 0.25) is 0 Å². The second-order valence-electron chi connectivity index (χ2n) is 4.87. The van der Waals surface area contributed by atoms with Gasteiger partial charge in [-0.2, -0.15) is 0 Å². The van der Waals surface area contributed by atoms with Gasteiger partial charge in [0.1, 0.15) is 19.0 Å². The van der Waals surface area contributed by atoms with E-state index in [1.807, 2.05) is 7.05 Å². The number of ether oxygens (including phenoxy) is 3. The summed E-state index contributed by atoms with van der Waals surface area (Å²) in [6, 6.07) is 0. The summed E-state index contributed by atoms with van der Waals surface area (Å²) in [4.78, 5) is 0. The first-order valence-corrected chi connectivity index (χ1v) is 7.67. The normalized spacial score (nSPS) is 11.2. The Morgan fingerprint density at radius 1 is 1.10 bits per heavy atom. The summed E-state index contributed by atoms with van der Waals surface area (Å²) in [5.74, 6) is 1.18. The highest BCUT2D eigenvalue weighted by Crippen LogP contribution is 2.01. The highest BCUT2D eigenvalue weighted by Gasteiger charge is 2.13. The fraction of sp³-hybridized carbons (Fsp3) is 0.800. The number of imidazole rings is 1. The van der Waals surface area contributed by atoms with Crippen LogP contribution in [0.25, 0.3) is 0 Å². The number of unbranched alkanes of at least 4 members (excludes halogenated alkanes) is 1. The molecule has 0 bridgehead atoms. The summed E-state index contributed by atoms with van der Waals surface area (Å²) >= 11 is 0. The molecule has 0 aliphatic carbocycles. The fourth-order valence-corrected chi connectivity index (χ4v) is 1.94. The lowest BCUT2D eigenvalue weighted by Crippen LogP contribution is -2.33. The smallest absolute Gasteiger partial charge is 0.282 e. The standard InChI is InChI=1S/C15H29N2O4/c1-3-4-5-17-7-6-16(2)15(17)14-21-13-12-20-11-10-19-9-8-18/h6-7,18H,3-5,8-14H2,1-2H3/q+1. The van der Waals surface area contributed by atoms with Crippen LogP contribution in [0.5, 0.6) is 0 Å². The molecule has 1 aromatic heterocycles. The molecular formula is C15H29N2O4+. The Morgan fingerprint density at radius 2 is 1.76 bits per heavy atom. The van der Waals surface area contributed by atoms with E-state index in [4.69, 9.17) is 19.3 Å². The average Bonchev–Trinajstić information content (AvgIpc) is 2.84. The van der Waals surface area contributed by atoms with E-state index in [0.29, 0.717) is 39.6 Å². The molecule has 1 aromatic rings. The minimum absolute atomic E-state index is 0.0534. The van der Waals surface area contributed by atoms with Crippen molar-refractivity contribution in [3.63, 3.8) is 0 Å². The SMILES string of the molecule is CCCCn1cc[n+](C)c1COCCOCCOCCO. The summed E-state index contributed by atoms with van der Waals surface area (Å²) in [5, 5.41) is 8.54. The number of aliphatic hydroxyl groups is 1. The number of rotatable bonds is 13. The predicted octanol–water partition coefficient (Wildman–Crippen LogP) is 0.655. The maximum absolute atomic E-state index is 8.54. The Hall–Kier alpha value is -0.950. The summed E-state index contributed by atoms with van der Waals surface area (Å²) in [6.45, 7) is 6.41. The lowest BCUT2D eigenvalue weighted by Gasteiger charge is -2.06. The Kier molecular flexibility index (Phi) is 10.1. The first kappa shape index (κ1) is 18.1. The molecule has 0 radical (unpaired) electrons. The van der Waals surface area contributed by atoms with Gasteiger partial charge in [-0.3, -0.25) is 0 Å². The van der Waals surface area contributed by atoms with Gasteiger partial charge in [-0.15, -0.1) is 0 Å². The molecule has 6 nitrogen and oxygen atoms in total. The van der Waals surface area contributed by atoms with Crippen molar-refractivity contribution in [3.8, 4) is 0 Å². The van der Waals surface area contributed by atoms with Crippen molar-refractivity contribution in [2.24, 2.45) is 7.05 Å². The zero-order chi connectivity index (χ0) is 15.3. The second-order valence-corrected chi connectivity index (χ2v) is 4.87. The molecule has 0 saturated carbocycles. The van der Waals surface area contributed by atoms with E-state index in [1.54, 1.807) is 0 Å². The van der Waals surface area contributed by atoms with Gasteiger partial charge in [0.25, 0.3) is 5.82 Å². The number of aromatic nitrogens is 2. The van der Waals surface area contributed by atoms with Crippen LogP contribution in [0.15, 0.2) is 12.4 Å². The fourth-order valence-electron chi connectivity index (χ4n) is 1.94. The maximum Gasteiger partial charge on any atom is 0.282 e. The van der Waals surface area contributed by atoms with Crippen molar-refractivity contribution < 1.29 is 23.9 Å². The van der Waals surface area contributed by atoms with Gasteiger partial charge in [0.15, 0.2) is 0 Å². The van der Waals surface area contributed by atoms with Crippen molar-refractivity contribution in [1.82, 2.24) is 4.57 Å². The number of aryl methyl sites for hydroxylation is 2. The molecule has 0 aliphatic rings. The van der Waals surface area contributed by atoms with Crippen molar-refractivity contribution in [2.75, 3.05) is 39.6 Å². The zero-order valence-electron chi connectivity index (χ0n) is 13.3. The van der Waals surface area contributed by atoms with Crippen LogP contribution in [-0.2, 0) is 34.4 Å². The quantitative estimate of drug-likeness (QED) is 0.429. The number of hydrogen-bond acceptors (Lipinski definition) is 4. The van der Waals surface area contributed by atoms with Gasteiger partial charge in [0.05, 0.1) is 53.2 Å². The Labute approximate surface area is 127 Å².